The quantitative estimate of drug-likeness (QED) is 0.822. The highest BCUT2D eigenvalue weighted by atomic mass is 15.0. The van der Waals surface area contributed by atoms with Crippen LogP contribution < -0.4 is 5.32 Å². The molecule has 0 saturated heterocycles. The normalized spacial score (nSPS) is 17.8. The van der Waals surface area contributed by atoms with Gasteiger partial charge in [-0.15, -0.1) is 0 Å². The maximum atomic E-state index is 9.03. The molecule has 2 heteroatoms. The largest absolute Gasteiger partial charge is 0.303 e. The lowest BCUT2D eigenvalue weighted by atomic mass is 9.83. The van der Waals surface area contributed by atoms with Crippen molar-refractivity contribution in [1.29, 1.82) is 5.26 Å². The summed E-state index contributed by atoms with van der Waals surface area (Å²) in [5.41, 5.74) is 3.22. The van der Waals surface area contributed by atoms with Crippen LogP contribution in [0.15, 0.2) is 54.6 Å². The molecule has 3 rings (SSSR count). The maximum Gasteiger partial charge on any atom is 0.0991 e. The van der Waals surface area contributed by atoms with Crippen molar-refractivity contribution in [2.75, 3.05) is 0 Å². The van der Waals surface area contributed by atoms with Crippen molar-refractivity contribution >= 4 is 0 Å². The molecule has 124 valence electrons. The number of nitriles is 1. The number of rotatable bonds is 5. The smallest absolute Gasteiger partial charge is 0.0991 e. The summed E-state index contributed by atoms with van der Waals surface area (Å²) in [7, 11) is 0. The Kier molecular flexibility index (Phi) is 5.67. The molecule has 1 saturated carbocycles. The van der Waals surface area contributed by atoms with E-state index in [-0.39, 0.29) is 6.04 Å². The molecule has 0 bridgehead atoms. The van der Waals surface area contributed by atoms with Crippen molar-refractivity contribution in [3.8, 4) is 6.07 Å². The predicted octanol–water partition coefficient (Wildman–Crippen LogP) is 5.21. The van der Waals surface area contributed by atoms with Gasteiger partial charge >= 0.3 is 0 Å². The Bertz CT molecular complexity index is 663. The van der Waals surface area contributed by atoms with Crippen LogP contribution in [0.3, 0.4) is 0 Å². The summed E-state index contributed by atoms with van der Waals surface area (Å²) < 4.78 is 0. The third-order valence-electron chi connectivity index (χ3n) is 5.29. The number of nitrogens with one attached hydrogen (secondary N) is 1. The van der Waals surface area contributed by atoms with E-state index in [1.807, 2.05) is 12.1 Å². The van der Waals surface area contributed by atoms with Crippen molar-refractivity contribution in [1.82, 2.24) is 5.32 Å². The molecule has 1 unspecified atom stereocenters. The van der Waals surface area contributed by atoms with E-state index in [2.05, 4.69) is 60.8 Å². The Morgan fingerprint density at radius 2 is 1.54 bits per heavy atom. The zero-order valence-corrected chi connectivity index (χ0v) is 14.4. The molecule has 2 atom stereocenters. The van der Waals surface area contributed by atoms with Gasteiger partial charge in [0.15, 0.2) is 0 Å². The molecule has 2 aromatic rings. The molecule has 1 aliphatic carbocycles. The van der Waals surface area contributed by atoms with Crippen LogP contribution in [0.1, 0.15) is 61.8 Å². The lowest BCUT2D eigenvalue weighted by Crippen LogP contribution is -2.37. The van der Waals surface area contributed by atoms with Crippen LogP contribution in [0.2, 0.25) is 0 Å². The summed E-state index contributed by atoms with van der Waals surface area (Å²) >= 11 is 0. The minimum Gasteiger partial charge on any atom is -0.303 e. The second-order valence-corrected chi connectivity index (χ2v) is 6.93. The van der Waals surface area contributed by atoms with Gasteiger partial charge in [0, 0.05) is 6.04 Å². The third-order valence-corrected chi connectivity index (χ3v) is 5.29. The van der Waals surface area contributed by atoms with Crippen molar-refractivity contribution in [2.45, 2.75) is 51.1 Å². The van der Waals surface area contributed by atoms with Gasteiger partial charge in [0.2, 0.25) is 0 Å². The lowest BCUT2D eigenvalue weighted by Gasteiger charge is -2.32. The fourth-order valence-corrected chi connectivity index (χ4v) is 3.81. The van der Waals surface area contributed by atoms with E-state index in [1.54, 1.807) is 0 Å². The minimum absolute atomic E-state index is 0.177. The van der Waals surface area contributed by atoms with Crippen molar-refractivity contribution < 1.29 is 0 Å². The SMILES string of the molecule is C[C@@H](NC(c1ccccc1)c1ccc(C#N)cc1)C1CCCCC1. The van der Waals surface area contributed by atoms with Gasteiger partial charge in [-0.2, -0.15) is 5.26 Å². The summed E-state index contributed by atoms with van der Waals surface area (Å²) in [6.45, 7) is 2.33. The fourth-order valence-electron chi connectivity index (χ4n) is 3.81. The Morgan fingerprint density at radius 3 is 2.17 bits per heavy atom. The summed E-state index contributed by atoms with van der Waals surface area (Å²) in [6.07, 6.45) is 6.79. The highest BCUT2D eigenvalue weighted by molar-refractivity contribution is 5.37. The van der Waals surface area contributed by atoms with Gasteiger partial charge in [-0.05, 0) is 48.9 Å². The van der Waals surface area contributed by atoms with Gasteiger partial charge in [-0.1, -0.05) is 61.7 Å². The zero-order chi connectivity index (χ0) is 16.8. The van der Waals surface area contributed by atoms with Gasteiger partial charge < -0.3 is 5.32 Å². The Labute approximate surface area is 145 Å². The molecule has 2 aromatic carbocycles. The van der Waals surface area contributed by atoms with E-state index in [0.29, 0.717) is 11.6 Å². The zero-order valence-electron chi connectivity index (χ0n) is 14.4. The molecule has 1 aliphatic rings. The molecular formula is C22H26N2. The molecule has 2 nitrogen and oxygen atoms in total. The maximum absolute atomic E-state index is 9.03. The van der Waals surface area contributed by atoms with Crippen LogP contribution in [0, 0.1) is 17.2 Å². The van der Waals surface area contributed by atoms with Gasteiger partial charge in [0.05, 0.1) is 17.7 Å². The second-order valence-electron chi connectivity index (χ2n) is 6.93. The Balaban J connectivity index is 1.83. The molecule has 1 fully saturated rings. The average molecular weight is 318 g/mol. The van der Waals surface area contributed by atoms with Crippen LogP contribution in [0.4, 0.5) is 0 Å². The number of hydrogen-bond acceptors (Lipinski definition) is 2. The van der Waals surface area contributed by atoms with Gasteiger partial charge in [0.25, 0.3) is 0 Å². The number of nitrogens with zero attached hydrogens (tertiary/aromatic N) is 1. The summed E-state index contributed by atoms with van der Waals surface area (Å²) in [5, 5.41) is 12.9. The standard InChI is InChI=1S/C22H26N2/c1-17(19-8-4-2-5-9-19)24-22(20-10-6-3-7-11-20)21-14-12-18(16-23)13-15-21/h3,6-7,10-15,17,19,22,24H,2,4-5,8-9H2,1H3/t17-,22?/m1/s1. The van der Waals surface area contributed by atoms with Crippen molar-refractivity contribution in [3.63, 3.8) is 0 Å². The average Bonchev–Trinajstić information content (AvgIpc) is 2.67. The van der Waals surface area contributed by atoms with Crippen LogP contribution in [-0.4, -0.2) is 6.04 Å². The van der Waals surface area contributed by atoms with E-state index in [9.17, 15) is 0 Å². The summed E-state index contributed by atoms with van der Waals surface area (Å²) in [6, 6.07) is 21.5. The van der Waals surface area contributed by atoms with Crippen LogP contribution >= 0.6 is 0 Å². The molecule has 24 heavy (non-hydrogen) atoms. The molecule has 0 spiro atoms. The Hall–Kier alpha value is -2.11. The van der Waals surface area contributed by atoms with Gasteiger partial charge in [-0.3, -0.25) is 0 Å². The molecule has 0 aromatic heterocycles. The third kappa shape index (κ3) is 4.04. The van der Waals surface area contributed by atoms with Crippen LogP contribution in [0.25, 0.3) is 0 Å². The first-order valence-electron chi connectivity index (χ1n) is 9.09. The minimum atomic E-state index is 0.177. The molecule has 1 N–H and O–H groups in total. The van der Waals surface area contributed by atoms with Crippen molar-refractivity contribution in [3.05, 3.63) is 71.3 Å². The van der Waals surface area contributed by atoms with E-state index in [4.69, 9.17) is 5.26 Å². The van der Waals surface area contributed by atoms with Crippen LogP contribution in [0.5, 0.6) is 0 Å². The first kappa shape index (κ1) is 16.7. The lowest BCUT2D eigenvalue weighted by molar-refractivity contribution is 0.272. The predicted molar refractivity (Wildman–Crippen MR) is 98.6 cm³/mol. The Morgan fingerprint density at radius 1 is 0.917 bits per heavy atom. The fraction of sp³-hybridized carbons (Fsp3) is 0.409. The van der Waals surface area contributed by atoms with Gasteiger partial charge in [-0.25, -0.2) is 0 Å². The van der Waals surface area contributed by atoms with E-state index in [0.717, 1.165) is 5.92 Å². The highest BCUT2D eigenvalue weighted by Crippen LogP contribution is 2.29. The van der Waals surface area contributed by atoms with Crippen LogP contribution in [-0.2, 0) is 0 Å². The molecule has 0 heterocycles. The molecule has 0 radical (unpaired) electrons. The van der Waals surface area contributed by atoms with E-state index in [1.165, 1.54) is 43.2 Å². The molecule has 0 amide bonds. The summed E-state index contributed by atoms with van der Waals surface area (Å²) in [5.74, 6) is 0.767. The monoisotopic (exact) mass is 318 g/mol. The number of benzene rings is 2. The molecule has 0 aliphatic heterocycles. The first-order chi connectivity index (χ1) is 11.8. The topological polar surface area (TPSA) is 35.8 Å². The second kappa shape index (κ2) is 8.13. The number of hydrogen-bond donors (Lipinski definition) is 1. The van der Waals surface area contributed by atoms with E-state index < -0.39 is 0 Å². The van der Waals surface area contributed by atoms with Gasteiger partial charge in [0.1, 0.15) is 0 Å². The van der Waals surface area contributed by atoms with E-state index >= 15 is 0 Å². The highest BCUT2D eigenvalue weighted by Gasteiger charge is 2.23. The first-order valence-corrected chi connectivity index (χ1v) is 9.09. The molecular weight excluding hydrogens is 292 g/mol. The summed E-state index contributed by atoms with van der Waals surface area (Å²) in [4.78, 5) is 0. The van der Waals surface area contributed by atoms with Crippen molar-refractivity contribution in [2.24, 2.45) is 5.92 Å².